The fourth-order valence-corrected chi connectivity index (χ4v) is 1.23. The average Bonchev–Trinajstić information content (AvgIpc) is 1.84. The van der Waals surface area contributed by atoms with E-state index in [1.807, 2.05) is 0 Å². The van der Waals surface area contributed by atoms with Crippen LogP contribution in [0.25, 0.3) is 0 Å². The molecule has 0 radical (unpaired) electrons. The molecule has 2 N–H and O–H groups in total. The summed E-state index contributed by atoms with van der Waals surface area (Å²) >= 11 is 0. The van der Waals surface area contributed by atoms with Crippen molar-refractivity contribution in [2.24, 2.45) is 11.7 Å². The SMILES string of the molecule is CCOC(=O)C(N)C1CCC1.Cl. The van der Waals surface area contributed by atoms with E-state index in [9.17, 15) is 4.79 Å². The number of halogens is 1. The molecule has 1 rings (SSSR count). The summed E-state index contributed by atoms with van der Waals surface area (Å²) in [7, 11) is 0. The van der Waals surface area contributed by atoms with Crippen LogP contribution in [-0.4, -0.2) is 18.6 Å². The van der Waals surface area contributed by atoms with Crippen LogP contribution in [0.4, 0.5) is 0 Å². The maximum atomic E-state index is 11.0. The molecule has 0 aromatic carbocycles. The molecular weight excluding hydrogens is 178 g/mol. The molecular formula is C8H16ClNO2. The van der Waals surface area contributed by atoms with Crippen LogP contribution in [-0.2, 0) is 9.53 Å². The topological polar surface area (TPSA) is 52.3 Å². The van der Waals surface area contributed by atoms with Crippen molar-refractivity contribution < 1.29 is 9.53 Å². The van der Waals surface area contributed by atoms with Gasteiger partial charge in [-0.15, -0.1) is 12.4 Å². The van der Waals surface area contributed by atoms with Crippen molar-refractivity contribution in [1.29, 1.82) is 0 Å². The second-order valence-corrected chi connectivity index (χ2v) is 2.97. The van der Waals surface area contributed by atoms with Crippen molar-refractivity contribution in [1.82, 2.24) is 0 Å². The normalized spacial score (nSPS) is 18.8. The Kier molecular flexibility index (Phi) is 5.25. The molecule has 12 heavy (non-hydrogen) atoms. The molecule has 1 aliphatic carbocycles. The van der Waals surface area contributed by atoms with E-state index in [4.69, 9.17) is 10.5 Å². The summed E-state index contributed by atoms with van der Waals surface area (Å²) in [5.74, 6) is 0.145. The van der Waals surface area contributed by atoms with Gasteiger partial charge in [-0.2, -0.15) is 0 Å². The van der Waals surface area contributed by atoms with E-state index in [1.165, 1.54) is 6.42 Å². The Balaban J connectivity index is 0.00000121. The lowest BCUT2D eigenvalue weighted by atomic mass is 9.80. The smallest absolute Gasteiger partial charge is 0.323 e. The van der Waals surface area contributed by atoms with E-state index in [1.54, 1.807) is 6.92 Å². The van der Waals surface area contributed by atoms with Gasteiger partial charge in [0.1, 0.15) is 6.04 Å². The zero-order chi connectivity index (χ0) is 8.27. The Bertz CT molecular complexity index is 148. The van der Waals surface area contributed by atoms with Gasteiger partial charge < -0.3 is 10.5 Å². The molecule has 3 nitrogen and oxygen atoms in total. The molecule has 0 saturated heterocycles. The minimum atomic E-state index is -0.372. The molecule has 4 heteroatoms. The second kappa shape index (κ2) is 5.38. The summed E-state index contributed by atoms with van der Waals surface area (Å²) in [5.41, 5.74) is 5.63. The zero-order valence-electron chi connectivity index (χ0n) is 7.29. The monoisotopic (exact) mass is 193 g/mol. The van der Waals surface area contributed by atoms with E-state index in [0.29, 0.717) is 12.5 Å². The van der Waals surface area contributed by atoms with Gasteiger partial charge in [-0.1, -0.05) is 6.42 Å². The highest BCUT2D eigenvalue weighted by atomic mass is 35.5. The Hall–Kier alpha value is -0.280. The Morgan fingerprint density at radius 3 is 2.58 bits per heavy atom. The molecule has 0 aliphatic heterocycles. The van der Waals surface area contributed by atoms with Crippen LogP contribution in [0.15, 0.2) is 0 Å². The van der Waals surface area contributed by atoms with E-state index >= 15 is 0 Å². The summed E-state index contributed by atoms with van der Waals surface area (Å²) in [5, 5.41) is 0. The number of nitrogens with two attached hydrogens (primary N) is 1. The standard InChI is InChI=1S/C8H15NO2.ClH/c1-2-11-8(10)7(9)6-4-3-5-6;/h6-7H,2-5,9H2,1H3;1H. The highest BCUT2D eigenvalue weighted by Crippen LogP contribution is 2.28. The van der Waals surface area contributed by atoms with Crippen molar-refractivity contribution in [3.8, 4) is 0 Å². The summed E-state index contributed by atoms with van der Waals surface area (Å²) in [6.07, 6.45) is 3.37. The number of ether oxygens (including phenoxy) is 1. The molecule has 72 valence electrons. The molecule has 1 aliphatic rings. The first-order valence-corrected chi connectivity index (χ1v) is 4.18. The van der Waals surface area contributed by atoms with Crippen LogP contribution >= 0.6 is 12.4 Å². The molecule has 1 fully saturated rings. The van der Waals surface area contributed by atoms with Crippen LogP contribution in [0.3, 0.4) is 0 Å². The van der Waals surface area contributed by atoms with Gasteiger partial charge in [-0.05, 0) is 25.7 Å². The van der Waals surface area contributed by atoms with E-state index < -0.39 is 0 Å². The van der Waals surface area contributed by atoms with E-state index in [-0.39, 0.29) is 24.4 Å². The lowest BCUT2D eigenvalue weighted by Crippen LogP contribution is -2.42. The van der Waals surface area contributed by atoms with Crippen LogP contribution < -0.4 is 5.73 Å². The highest BCUT2D eigenvalue weighted by Gasteiger charge is 2.30. The van der Waals surface area contributed by atoms with E-state index in [0.717, 1.165) is 12.8 Å². The molecule has 1 atom stereocenters. The van der Waals surface area contributed by atoms with Gasteiger partial charge in [0, 0.05) is 0 Å². The fourth-order valence-electron chi connectivity index (χ4n) is 1.23. The number of rotatable bonds is 3. The van der Waals surface area contributed by atoms with Gasteiger partial charge in [-0.25, -0.2) is 0 Å². The van der Waals surface area contributed by atoms with Gasteiger partial charge in [-0.3, -0.25) is 4.79 Å². The third-order valence-corrected chi connectivity index (χ3v) is 2.22. The van der Waals surface area contributed by atoms with Crippen LogP contribution in [0.5, 0.6) is 0 Å². The Morgan fingerprint density at radius 1 is 1.67 bits per heavy atom. The van der Waals surface area contributed by atoms with Crippen molar-refractivity contribution in [3.63, 3.8) is 0 Å². The molecule has 0 bridgehead atoms. The molecule has 1 unspecified atom stereocenters. The van der Waals surface area contributed by atoms with Crippen molar-refractivity contribution in [2.45, 2.75) is 32.2 Å². The first-order valence-electron chi connectivity index (χ1n) is 4.18. The summed E-state index contributed by atoms with van der Waals surface area (Å²) in [6, 6.07) is -0.372. The minimum Gasteiger partial charge on any atom is -0.465 e. The van der Waals surface area contributed by atoms with Gasteiger partial charge in [0.15, 0.2) is 0 Å². The number of hydrogen-bond acceptors (Lipinski definition) is 3. The van der Waals surface area contributed by atoms with Gasteiger partial charge in [0.05, 0.1) is 6.61 Å². The minimum absolute atomic E-state index is 0. The number of carbonyl (C=O) groups is 1. The van der Waals surface area contributed by atoms with Crippen molar-refractivity contribution in [2.75, 3.05) is 6.61 Å². The van der Waals surface area contributed by atoms with Gasteiger partial charge >= 0.3 is 5.97 Å². The summed E-state index contributed by atoms with van der Waals surface area (Å²) in [4.78, 5) is 11.0. The quantitative estimate of drug-likeness (QED) is 0.683. The first kappa shape index (κ1) is 11.7. The molecule has 1 saturated carbocycles. The average molecular weight is 194 g/mol. The number of hydrogen-bond donors (Lipinski definition) is 1. The maximum absolute atomic E-state index is 11.0. The van der Waals surface area contributed by atoms with Gasteiger partial charge in [0.25, 0.3) is 0 Å². The highest BCUT2D eigenvalue weighted by molar-refractivity contribution is 5.85. The lowest BCUT2D eigenvalue weighted by molar-refractivity contribution is -0.146. The predicted molar refractivity (Wildman–Crippen MR) is 49.2 cm³/mol. The molecule has 0 aromatic heterocycles. The first-order chi connectivity index (χ1) is 5.25. The largest absolute Gasteiger partial charge is 0.465 e. The zero-order valence-corrected chi connectivity index (χ0v) is 8.10. The number of esters is 1. The lowest BCUT2D eigenvalue weighted by Gasteiger charge is -2.29. The maximum Gasteiger partial charge on any atom is 0.323 e. The Morgan fingerprint density at radius 2 is 2.25 bits per heavy atom. The summed E-state index contributed by atoms with van der Waals surface area (Å²) in [6.45, 7) is 2.23. The molecule has 0 aromatic rings. The predicted octanol–water partition coefficient (Wildman–Crippen LogP) is 1.10. The number of carbonyl (C=O) groups excluding carboxylic acids is 1. The second-order valence-electron chi connectivity index (χ2n) is 2.97. The molecule has 0 heterocycles. The van der Waals surface area contributed by atoms with E-state index in [2.05, 4.69) is 0 Å². The van der Waals surface area contributed by atoms with Crippen LogP contribution in [0.2, 0.25) is 0 Å². The van der Waals surface area contributed by atoms with Crippen LogP contribution in [0, 0.1) is 5.92 Å². The third kappa shape index (κ3) is 2.64. The van der Waals surface area contributed by atoms with Crippen LogP contribution in [0.1, 0.15) is 26.2 Å². The van der Waals surface area contributed by atoms with Crippen molar-refractivity contribution in [3.05, 3.63) is 0 Å². The molecule has 0 amide bonds. The Labute approximate surface area is 79.1 Å². The van der Waals surface area contributed by atoms with Crippen molar-refractivity contribution >= 4 is 18.4 Å². The summed E-state index contributed by atoms with van der Waals surface area (Å²) < 4.78 is 4.80. The molecule has 0 spiro atoms. The fraction of sp³-hybridized carbons (Fsp3) is 0.875. The third-order valence-electron chi connectivity index (χ3n) is 2.22. The van der Waals surface area contributed by atoms with Gasteiger partial charge in [0.2, 0.25) is 0 Å².